The van der Waals surface area contributed by atoms with Crippen LogP contribution in [0.3, 0.4) is 0 Å². The molecule has 0 aromatic heterocycles. The summed E-state index contributed by atoms with van der Waals surface area (Å²) in [5, 5.41) is 17.0. The van der Waals surface area contributed by atoms with E-state index in [1.807, 2.05) is 0 Å². The van der Waals surface area contributed by atoms with Crippen LogP contribution in [0, 0.1) is 0 Å². The summed E-state index contributed by atoms with van der Waals surface area (Å²) in [6.45, 7) is 0.229. The fourth-order valence-corrected chi connectivity index (χ4v) is 1.94. The quantitative estimate of drug-likeness (QED) is 0.310. The van der Waals surface area contributed by atoms with E-state index in [9.17, 15) is 19.2 Å². The molecule has 0 unspecified atom stereocenters. The molecule has 0 radical (unpaired) electrons. The van der Waals surface area contributed by atoms with E-state index >= 15 is 0 Å². The van der Waals surface area contributed by atoms with Crippen LogP contribution in [-0.2, 0) is 23.8 Å². The van der Waals surface area contributed by atoms with Gasteiger partial charge in [0.15, 0.2) is 0 Å². The van der Waals surface area contributed by atoms with E-state index in [1.54, 1.807) is 0 Å². The maximum Gasteiger partial charge on any atom is 0.345 e. The van der Waals surface area contributed by atoms with Gasteiger partial charge in [-0.1, -0.05) is 0 Å². The predicted octanol–water partition coefficient (Wildman–Crippen LogP) is 1.18. The first kappa shape index (κ1) is 22.3. The van der Waals surface area contributed by atoms with Crippen molar-refractivity contribution in [2.24, 2.45) is 0 Å². The van der Waals surface area contributed by atoms with Crippen LogP contribution in [0.25, 0.3) is 0 Å². The molecule has 0 fully saturated rings. The van der Waals surface area contributed by atoms with Gasteiger partial charge in [0, 0.05) is 12.8 Å². The van der Waals surface area contributed by atoms with Crippen molar-refractivity contribution in [1.82, 2.24) is 0 Å². The standard InChI is InChI=1S/C18H22O9/c19-9-10-25-11-12-26-17(23)13-5-7-14(8-6-13)18(24)27-16(22)4-2-1-3-15(20)21/h5-8,19H,1-4,9-12H2,(H,20,21). The largest absolute Gasteiger partial charge is 0.481 e. The smallest absolute Gasteiger partial charge is 0.345 e. The topological polar surface area (TPSA) is 136 Å². The van der Waals surface area contributed by atoms with Crippen LogP contribution >= 0.6 is 0 Å². The van der Waals surface area contributed by atoms with Crippen molar-refractivity contribution in [1.29, 1.82) is 0 Å². The highest BCUT2D eigenvalue weighted by molar-refractivity contribution is 5.98. The fourth-order valence-electron chi connectivity index (χ4n) is 1.94. The number of carbonyl (C=O) groups excluding carboxylic acids is 3. The molecule has 9 nitrogen and oxygen atoms in total. The summed E-state index contributed by atoms with van der Waals surface area (Å²) >= 11 is 0. The van der Waals surface area contributed by atoms with Crippen LogP contribution in [0.2, 0.25) is 0 Å². The van der Waals surface area contributed by atoms with Gasteiger partial charge in [-0.05, 0) is 37.1 Å². The lowest BCUT2D eigenvalue weighted by molar-refractivity contribution is -0.139. The van der Waals surface area contributed by atoms with E-state index in [0.717, 1.165) is 0 Å². The summed E-state index contributed by atoms with van der Waals surface area (Å²) in [7, 11) is 0. The molecule has 27 heavy (non-hydrogen) atoms. The summed E-state index contributed by atoms with van der Waals surface area (Å²) in [5.41, 5.74) is 0.311. The van der Waals surface area contributed by atoms with Gasteiger partial charge in [-0.3, -0.25) is 9.59 Å². The lowest BCUT2D eigenvalue weighted by Crippen LogP contribution is -2.14. The lowest BCUT2D eigenvalue weighted by Gasteiger charge is -2.06. The molecule has 9 heteroatoms. The fraction of sp³-hybridized carbons (Fsp3) is 0.444. The Morgan fingerprint density at radius 1 is 0.815 bits per heavy atom. The number of esters is 3. The molecule has 1 aromatic carbocycles. The second-order valence-corrected chi connectivity index (χ2v) is 5.41. The molecule has 1 aromatic rings. The highest BCUT2D eigenvalue weighted by Gasteiger charge is 2.14. The van der Waals surface area contributed by atoms with Gasteiger partial charge in [-0.25, -0.2) is 9.59 Å². The molecule has 0 spiro atoms. The van der Waals surface area contributed by atoms with E-state index in [1.165, 1.54) is 24.3 Å². The molecule has 148 valence electrons. The number of unbranched alkanes of at least 4 members (excludes halogenated alkanes) is 1. The normalized spacial score (nSPS) is 10.3. The maximum absolute atomic E-state index is 11.9. The summed E-state index contributed by atoms with van der Waals surface area (Å²) in [6.07, 6.45) is 0.528. The molecule has 0 aliphatic carbocycles. The number of aliphatic hydroxyl groups excluding tert-OH is 1. The van der Waals surface area contributed by atoms with Crippen LogP contribution in [-0.4, -0.2) is 60.5 Å². The molecule has 0 atom stereocenters. The molecular formula is C18H22O9. The monoisotopic (exact) mass is 382 g/mol. The molecule has 0 aliphatic rings. The van der Waals surface area contributed by atoms with E-state index in [0.29, 0.717) is 12.8 Å². The van der Waals surface area contributed by atoms with E-state index < -0.39 is 23.9 Å². The number of ether oxygens (including phenoxy) is 3. The first-order chi connectivity index (χ1) is 12.9. The van der Waals surface area contributed by atoms with Crippen molar-refractivity contribution in [3.05, 3.63) is 35.4 Å². The summed E-state index contributed by atoms with van der Waals surface area (Å²) in [4.78, 5) is 45.6. The third-order valence-electron chi connectivity index (χ3n) is 3.28. The Balaban J connectivity index is 2.39. The molecular weight excluding hydrogens is 360 g/mol. The average molecular weight is 382 g/mol. The van der Waals surface area contributed by atoms with Gasteiger partial charge in [0.05, 0.1) is 30.9 Å². The number of hydrogen-bond acceptors (Lipinski definition) is 8. The Labute approximate surface area is 155 Å². The Morgan fingerprint density at radius 2 is 1.41 bits per heavy atom. The predicted molar refractivity (Wildman–Crippen MR) is 91.2 cm³/mol. The van der Waals surface area contributed by atoms with Crippen LogP contribution in [0.15, 0.2) is 24.3 Å². The van der Waals surface area contributed by atoms with Crippen LogP contribution < -0.4 is 0 Å². The molecule has 0 aliphatic heterocycles. The van der Waals surface area contributed by atoms with Crippen molar-refractivity contribution in [3.8, 4) is 0 Å². The third-order valence-corrected chi connectivity index (χ3v) is 3.28. The number of benzene rings is 1. The Hall–Kier alpha value is -2.78. The minimum absolute atomic E-state index is 0.0268. The molecule has 0 amide bonds. The highest BCUT2D eigenvalue weighted by atomic mass is 16.6. The molecule has 1 rings (SSSR count). The van der Waals surface area contributed by atoms with Gasteiger partial charge in [0.25, 0.3) is 0 Å². The number of aliphatic hydroxyl groups is 1. The van der Waals surface area contributed by atoms with Crippen molar-refractivity contribution in [2.45, 2.75) is 25.7 Å². The van der Waals surface area contributed by atoms with Gasteiger partial charge in [-0.2, -0.15) is 0 Å². The van der Waals surface area contributed by atoms with E-state index in [-0.39, 0.29) is 50.4 Å². The summed E-state index contributed by atoms with van der Waals surface area (Å²) in [6, 6.07) is 5.40. The van der Waals surface area contributed by atoms with Crippen molar-refractivity contribution >= 4 is 23.9 Å². The third kappa shape index (κ3) is 9.47. The zero-order valence-corrected chi connectivity index (χ0v) is 14.7. The Morgan fingerprint density at radius 3 is 2.00 bits per heavy atom. The second-order valence-electron chi connectivity index (χ2n) is 5.41. The van der Waals surface area contributed by atoms with Crippen LogP contribution in [0.4, 0.5) is 0 Å². The van der Waals surface area contributed by atoms with Crippen molar-refractivity contribution in [2.75, 3.05) is 26.4 Å². The Bertz CT molecular complexity index is 637. The lowest BCUT2D eigenvalue weighted by atomic mass is 10.1. The molecule has 0 bridgehead atoms. The number of aliphatic carboxylic acids is 1. The molecule has 2 N–H and O–H groups in total. The van der Waals surface area contributed by atoms with Gasteiger partial charge in [0.1, 0.15) is 6.61 Å². The van der Waals surface area contributed by atoms with Crippen molar-refractivity contribution in [3.63, 3.8) is 0 Å². The zero-order valence-electron chi connectivity index (χ0n) is 14.7. The van der Waals surface area contributed by atoms with Crippen LogP contribution in [0.5, 0.6) is 0 Å². The number of carboxylic acid groups (broad SMARTS) is 1. The van der Waals surface area contributed by atoms with Crippen LogP contribution in [0.1, 0.15) is 46.4 Å². The first-order valence-corrected chi connectivity index (χ1v) is 8.36. The van der Waals surface area contributed by atoms with E-state index in [4.69, 9.17) is 19.7 Å². The molecule has 0 heterocycles. The minimum Gasteiger partial charge on any atom is -0.481 e. The number of carbonyl (C=O) groups is 4. The highest BCUT2D eigenvalue weighted by Crippen LogP contribution is 2.09. The van der Waals surface area contributed by atoms with Crippen molar-refractivity contribution < 1.29 is 43.6 Å². The van der Waals surface area contributed by atoms with Gasteiger partial charge >= 0.3 is 23.9 Å². The Kier molecular flexibility index (Phi) is 10.4. The average Bonchev–Trinajstić information content (AvgIpc) is 2.65. The van der Waals surface area contributed by atoms with E-state index in [2.05, 4.69) is 4.74 Å². The maximum atomic E-state index is 11.9. The number of rotatable bonds is 12. The summed E-state index contributed by atoms with van der Waals surface area (Å²) in [5.74, 6) is -3.14. The number of carboxylic acids is 1. The zero-order chi connectivity index (χ0) is 20.1. The minimum atomic E-state index is -0.948. The molecule has 0 saturated heterocycles. The SMILES string of the molecule is O=C(O)CCCCC(=O)OC(=O)c1ccc(C(=O)OCCOCCO)cc1. The first-order valence-electron chi connectivity index (χ1n) is 8.36. The second kappa shape index (κ2) is 12.6. The van der Waals surface area contributed by atoms with Gasteiger partial charge in [0.2, 0.25) is 0 Å². The van der Waals surface area contributed by atoms with Gasteiger partial charge in [-0.15, -0.1) is 0 Å². The molecule has 0 saturated carbocycles. The summed E-state index contributed by atoms with van der Waals surface area (Å²) < 4.78 is 14.6. The van der Waals surface area contributed by atoms with Gasteiger partial charge < -0.3 is 24.4 Å². The number of hydrogen-bond donors (Lipinski definition) is 2.